The molecule has 7 heteroatoms. The average molecular weight is 255 g/mol. The zero-order valence-electron chi connectivity index (χ0n) is 11.3. The summed E-state index contributed by atoms with van der Waals surface area (Å²) in [6.07, 6.45) is 1.97. The molecular formula is C11H21N5O2. The Kier molecular flexibility index (Phi) is 5.57. The van der Waals surface area contributed by atoms with Gasteiger partial charge in [-0.2, -0.15) is 9.97 Å². The fourth-order valence-electron chi connectivity index (χ4n) is 1.36. The van der Waals surface area contributed by atoms with Gasteiger partial charge in [0.2, 0.25) is 5.95 Å². The number of rotatable bonds is 7. The Morgan fingerprint density at radius 1 is 1.11 bits per heavy atom. The zero-order chi connectivity index (χ0) is 13.5. The van der Waals surface area contributed by atoms with Crippen molar-refractivity contribution >= 4 is 5.95 Å². The Bertz CT molecular complexity index is 372. The molecule has 0 saturated carbocycles. The van der Waals surface area contributed by atoms with E-state index >= 15 is 0 Å². The first-order valence-electron chi connectivity index (χ1n) is 6.11. The van der Waals surface area contributed by atoms with E-state index in [0.29, 0.717) is 0 Å². The molecule has 1 unspecified atom stereocenters. The maximum Gasteiger partial charge on any atom is 0.324 e. The normalized spacial score (nSPS) is 12.3. The standard InChI is InChI=1S/C11H21N5O2/c1-5-6-8(4)18-11-14-9(16-12)13-10(15-11)17-7(2)3/h7-8H,5-6,12H2,1-4H3,(H,13,14,15,16). The molecule has 0 aliphatic heterocycles. The minimum absolute atomic E-state index is 0.0288. The Morgan fingerprint density at radius 3 is 2.22 bits per heavy atom. The van der Waals surface area contributed by atoms with Crippen LogP contribution in [0.15, 0.2) is 0 Å². The maximum atomic E-state index is 5.58. The van der Waals surface area contributed by atoms with E-state index in [4.69, 9.17) is 15.3 Å². The van der Waals surface area contributed by atoms with Crippen molar-refractivity contribution in [3.8, 4) is 12.0 Å². The summed E-state index contributed by atoms with van der Waals surface area (Å²) in [6.45, 7) is 7.83. The molecular weight excluding hydrogens is 234 g/mol. The molecule has 1 heterocycles. The quantitative estimate of drug-likeness (QED) is 0.563. The van der Waals surface area contributed by atoms with Crippen LogP contribution in [-0.2, 0) is 0 Å². The van der Waals surface area contributed by atoms with E-state index in [-0.39, 0.29) is 30.2 Å². The molecule has 102 valence electrons. The Balaban J connectivity index is 2.82. The molecule has 1 aromatic heterocycles. The summed E-state index contributed by atoms with van der Waals surface area (Å²) in [7, 11) is 0. The van der Waals surface area contributed by atoms with Crippen molar-refractivity contribution < 1.29 is 9.47 Å². The van der Waals surface area contributed by atoms with E-state index in [0.717, 1.165) is 12.8 Å². The lowest BCUT2D eigenvalue weighted by Crippen LogP contribution is -2.18. The predicted molar refractivity (Wildman–Crippen MR) is 68.4 cm³/mol. The van der Waals surface area contributed by atoms with Gasteiger partial charge in [-0.25, -0.2) is 5.84 Å². The molecule has 0 saturated heterocycles. The van der Waals surface area contributed by atoms with Crippen LogP contribution in [0.4, 0.5) is 5.95 Å². The smallest absolute Gasteiger partial charge is 0.324 e. The van der Waals surface area contributed by atoms with Crippen LogP contribution in [-0.4, -0.2) is 27.2 Å². The van der Waals surface area contributed by atoms with Crippen LogP contribution in [0.3, 0.4) is 0 Å². The minimum atomic E-state index is -0.0288. The number of aromatic nitrogens is 3. The first kappa shape index (κ1) is 14.4. The number of nitrogens with zero attached hydrogens (tertiary/aromatic N) is 3. The van der Waals surface area contributed by atoms with Crippen LogP contribution in [0.1, 0.15) is 40.5 Å². The molecule has 1 atom stereocenters. The molecule has 0 bridgehead atoms. The highest BCUT2D eigenvalue weighted by atomic mass is 16.5. The van der Waals surface area contributed by atoms with Crippen molar-refractivity contribution in [2.45, 2.75) is 52.7 Å². The van der Waals surface area contributed by atoms with Crippen molar-refractivity contribution in [2.75, 3.05) is 5.43 Å². The van der Waals surface area contributed by atoms with Crippen molar-refractivity contribution in [2.24, 2.45) is 5.84 Å². The first-order chi connectivity index (χ1) is 8.55. The summed E-state index contributed by atoms with van der Waals surface area (Å²) in [6, 6.07) is 0.418. The van der Waals surface area contributed by atoms with E-state index in [1.165, 1.54) is 0 Å². The van der Waals surface area contributed by atoms with Crippen molar-refractivity contribution in [3.63, 3.8) is 0 Å². The lowest BCUT2D eigenvalue weighted by atomic mass is 10.2. The second-order valence-electron chi connectivity index (χ2n) is 4.25. The van der Waals surface area contributed by atoms with Crippen molar-refractivity contribution in [3.05, 3.63) is 0 Å². The summed E-state index contributed by atoms with van der Waals surface area (Å²) < 4.78 is 11.0. The number of nitrogens with one attached hydrogen (secondary N) is 1. The molecule has 0 spiro atoms. The Hall–Kier alpha value is -1.63. The highest BCUT2D eigenvalue weighted by molar-refractivity contribution is 5.25. The summed E-state index contributed by atoms with van der Waals surface area (Å²) in [5.74, 6) is 5.52. The molecule has 0 aromatic carbocycles. The fraction of sp³-hybridized carbons (Fsp3) is 0.727. The van der Waals surface area contributed by atoms with E-state index < -0.39 is 0 Å². The molecule has 0 fully saturated rings. The predicted octanol–water partition coefficient (Wildman–Crippen LogP) is 1.51. The Labute approximate surface area is 107 Å². The third-order valence-corrected chi connectivity index (χ3v) is 2.07. The molecule has 0 aliphatic rings. The van der Waals surface area contributed by atoms with Gasteiger partial charge in [-0.1, -0.05) is 13.3 Å². The van der Waals surface area contributed by atoms with Crippen LogP contribution in [0, 0.1) is 0 Å². The highest BCUT2D eigenvalue weighted by Crippen LogP contribution is 2.15. The minimum Gasteiger partial charge on any atom is -0.461 e. The third-order valence-electron chi connectivity index (χ3n) is 2.07. The van der Waals surface area contributed by atoms with Gasteiger partial charge in [-0.15, -0.1) is 4.98 Å². The van der Waals surface area contributed by atoms with Gasteiger partial charge in [0.05, 0.1) is 12.2 Å². The van der Waals surface area contributed by atoms with Crippen LogP contribution in [0.25, 0.3) is 0 Å². The van der Waals surface area contributed by atoms with Gasteiger partial charge in [0.25, 0.3) is 0 Å². The number of anilines is 1. The lowest BCUT2D eigenvalue weighted by molar-refractivity contribution is 0.179. The molecule has 0 amide bonds. The van der Waals surface area contributed by atoms with Crippen LogP contribution in [0.5, 0.6) is 12.0 Å². The second kappa shape index (κ2) is 6.95. The molecule has 1 rings (SSSR count). The largest absolute Gasteiger partial charge is 0.461 e. The van der Waals surface area contributed by atoms with E-state index in [1.54, 1.807) is 0 Å². The fourth-order valence-corrected chi connectivity index (χ4v) is 1.36. The van der Waals surface area contributed by atoms with Gasteiger partial charge in [0.1, 0.15) is 0 Å². The van der Waals surface area contributed by atoms with Crippen LogP contribution >= 0.6 is 0 Å². The van der Waals surface area contributed by atoms with Gasteiger partial charge in [0.15, 0.2) is 0 Å². The summed E-state index contributed by atoms with van der Waals surface area (Å²) in [5, 5.41) is 0. The summed E-state index contributed by atoms with van der Waals surface area (Å²) in [5.41, 5.74) is 2.36. The van der Waals surface area contributed by atoms with Gasteiger partial charge >= 0.3 is 12.0 Å². The Morgan fingerprint density at radius 2 is 1.72 bits per heavy atom. The van der Waals surface area contributed by atoms with Gasteiger partial charge in [-0.05, 0) is 27.2 Å². The third kappa shape index (κ3) is 4.70. The zero-order valence-corrected chi connectivity index (χ0v) is 11.3. The number of ether oxygens (including phenoxy) is 2. The second-order valence-corrected chi connectivity index (χ2v) is 4.25. The number of hydrazine groups is 1. The van der Waals surface area contributed by atoms with Gasteiger partial charge < -0.3 is 9.47 Å². The summed E-state index contributed by atoms with van der Waals surface area (Å²) in [4.78, 5) is 12.1. The lowest BCUT2D eigenvalue weighted by Gasteiger charge is -2.14. The molecule has 3 N–H and O–H groups in total. The maximum absolute atomic E-state index is 5.58. The highest BCUT2D eigenvalue weighted by Gasteiger charge is 2.11. The molecule has 0 radical (unpaired) electrons. The molecule has 18 heavy (non-hydrogen) atoms. The van der Waals surface area contributed by atoms with E-state index in [9.17, 15) is 0 Å². The molecule has 7 nitrogen and oxygen atoms in total. The van der Waals surface area contributed by atoms with Crippen molar-refractivity contribution in [1.82, 2.24) is 15.0 Å². The number of nitrogens with two attached hydrogens (primary N) is 1. The number of nitrogen functional groups attached to an aromatic ring is 1. The molecule has 0 aliphatic carbocycles. The average Bonchev–Trinajstić information content (AvgIpc) is 2.27. The van der Waals surface area contributed by atoms with Crippen molar-refractivity contribution in [1.29, 1.82) is 0 Å². The monoisotopic (exact) mass is 255 g/mol. The molecule has 1 aromatic rings. The first-order valence-corrected chi connectivity index (χ1v) is 6.11. The summed E-state index contributed by atoms with van der Waals surface area (Å²) >= 11 is 0. The van der Waals surface area contributed by atoms with Crippen LogP contribution < -0.4 is 20.7 Å². The van der Waals surface area contributed by atoms with E-state index in [2.05, 4.69) is 27.3 Å². The van der Waals surface area contributed by atoms with Crippen LogP contribution in [0.2, 0.25) is 0 Å². The van der Waals surface area contributed by atoms with Gasteiger partial charge in [0, 0.05) is 0 Å². The SMILES string of the molecule is CCCC(C)Oc1nc(NN)nc(OC(C)C)n1. The number of hydrogen-bond donors (Lipinski definition) is 2. The number of hydrogen-bond acceptors (Lipinski definition) is 7. The topological polar surface area (TPSA) is 95.2 Å². The van der Waals surface area contributed by atoms with Gasteiger partial charge in [-0.3, -0.25) is 5.43 Å². The van der Waals surface area contributed by atoms with E-state index in [1.807, 2.05) is 20.8 Å².